The Morgan fingerprint density at radius 2 is 1.83 bits per heavy atom. The highest BCUT2D eigenvalue weighted by molar-refractivity contribution is 7.98. The van der Waals surface area contributed by atoms with Crippen LogP contribution in [-0.4, -0.2) is 15.1 Å². The van der Waals surface area contributed by atoms with Crippen molar-refractivity contribution in [3.05, 3.63) is 70.1 Å². The molecule has 0 aliphatic carbocycles. The van der Waals surface area contributed by atoms with Crippen LogP contribution in [0.3, 0.4) is 0 Å². The topological polar surface area (TPSA) is 82.1 Å². The molecule has 3 aromatic rings. The standard InChI is InChI=1S/C17H15N3O3S/c1-2-12-3-5-13(6-4-12)17-18-16(23-19-17)11-24-15-9-7-14(8-10-15)20(21)22/h3-10H,2,11H2,1H3. The van der Waals surface area contributed by atoms with Gasteiger partial charge in [0.15, 0.2) is 0 Å². The molecule has 0 fully saturated rings. The van der Waals surface area contributed by atoms with Crippen LogP contribution in [-0.2, 0) is 12.2 Å². The van der Waals surface area contributed by atoms with Crippen molar-refractivity contribution in [2.75, 3.05) is 0 Å². The van der Waals surface area contributed by atoms with Gasteiger partial charge in [0.05, 0.1) is 10.7 Å². The van der Waals surface area contributed by atoms with Crippen molar-refractivity contribution < 1.29 is 9.45 Å². The summed E-state index contributed by atoms with van der Waals surface area (Å²) in [6.07, 6.45) is 0.990. The van der Waals surface area contributed by atoms with E-state index in [1.807, 2.05) is 12.1 Å². The number of rotatable bonds is 6. The van der Waals surface area contributed by atoms with E-state index in [2.05, 4.69) is 29.2 Å². The molecule has 0 unspecified atom stereocenters. The summed E-state index contributed by atoms with van der Waals surface area (Å²) in [7, 11) is 0. The van der Waals surface area contributed by atoms with Crippen LogP contribution in [0.2, 0.25) is 0 Å². The number of aryl methyl sites for hydroxylation is 1. The molecule has 0 radical (unpaired) electrons. The fourth-order valence-corrected chi connectivity index (χ4v) is 2.87. The molecule has 24 heavy (non-hydrogen) atoms. The SMILES string of the molecule is CCc1ccc(-c2noc(CSc3ccc([N+](=O)[O-])cc3)n2)cc1. The van der Waals surface area contributed by atoms with Crippen molar-refractivity contribution in [1.82, 2.24) is 10.1 Å². The van der Waals surface area contributed by atoms with Gasteiger partial charge in [-0.1, -0.05) is 36.3 Å². The summed E-state index contributed by atoms with van der Waals surface area (Å²) in [4.78, 5) is 15.5. The Bertz CT molecular complexity index is 829. The zero-order valence-corrected chi connectivity index (χ0v) is 13.8. The van der Waals surface area contributed by atoms with Crippen LogP contribution >= 0.6 is 11.8 Å². The second-order valence-corrected chi connectivity index (χ2v) is 6.15. The molecule has 0 aliphatic heterocycles. The summed E-state index contributed by atoms with van der Waals surface area (Å²) < 4.78 is 5.27. The van der Waals surface area contributed by atoms with Gasteiger partial charge in [0.1, 0.15) is 0 Å². The van der Waals surface area contributed by atoms with E-state index >= 15 is 0 Å². The average molecular weight is 341 g/mol. The first-order valence-electron chi connectivity index (χ1n) is 7.45. The van der Waals surface area contributed by atoms with Crippen LogP contribution in [0.4, 0.5) is 5.69 Å². The molecule has 1 aromatic heterocycles. The first kappa shape index (κ1) is 16.2. The highest BCUT2D eigenvalue weighted by atomic mass is 32.2. The number of benzene rings is 2. The molecule has 0 aliphatic rings. The Morgan fingerprint density at radius 1 is 1.12 bits per heavy atom. The monoisotopic (exact) mass is 341 g/mol. The molecule has 7 heteroatoms. The summed E-state index contributed by atoms with van der Waals surface area (Å²) in [6.45, 7) is 2.11. The van der Waals surface area contributed by atoms with Gasteiger partial charge in [-0.05, 0) is 24.1 Å². The van der Waals surface area contributed by atoms with Gasteiger partial charge in [0, 0.05) is 22.6 Å². The van der Waals surface area contributed by atoms with Crippen molar-refractivity contribution >= 4 is 17.4 Å². The third-order valence-electron chi connectivity index (χ3n) is 3.50. The number of nitro benzene ring substituents is 1. The second kappa shape index (κ2) is 7.27. The third kappa shape index (κ3) is 3.80. The fourth-order valence-electron chi connectivity index (χ4n) is 2.13. The summed E-state index contributed by atoms with van der Waals surface area (Å²) in [5, 5.41) is 14.6. The maximum Gasteiger partial charge on any atom is 0.269 e. The van der Waals surface area contributed by atoms with Crippen LogP contribution in [0.1, 0.15) is 18.4 Å². The lowest BCUT2D eigenvalue weighted by Crippen LogP contribution is -1.87. The van der Waals surface area contributed by atoms with Gasteiger partial charge in [0.25, 0.3) is 5.69 Å². The van der Waals surface area contributed by atoms with Gasteiger partial charge < -0.3 is 4.52 Å². The molecule has 0 bridgehead atoms. The normalized spacial score (nSPS) is 10.7. The average Bonchev–Trinajstić information content (AvgIpc) is 3.09. The van der Waals surface area contributed by atoms with E-state index in [1.54, 1.807) is 12.1 Å². The first-order valence-corrected chi connectivity index (χ1v) is 8.43. The number of hydrogen-bond acceptors (Lipinski definition) is 6. The Morgan fingerprint density at radius 3 is 2.46 bits per heavy atom. The van der Waals surface area contributed by atoms with Crippen molar-refractivity contribution in [1.29, 1.82) is 0 Å². The molecule has 0 atom stereocenters. The minimum absolute atomic E-state index is 0.0787. The van der Waals surface area contributed by atoms with Crippen LogP contribution in [0.25, 0.3) is 11.4 Å². The molecule has 0 spiro atoms. The maximum atomic E-state index is 10.6. The van der Waals surface area contributed by atoms with E-state index in [4.69, 9.17) is 4.52 Å². The van der Waals surface area contributed by atoms with Crippen molar-refractivity contribution in [2.45, 2.75) is 24.0 Å². The van der Waals surface area contributed by atoms with E-state index in [1.165, 1.54) is 29.5 Å². The zero-order valence-electron chi connectivity index (χ0n) is 13.0. The lowest BCUT2D eigenvalue weighted by atomic mass is 10.1. The third-order valence-corrected chi connectivity index (χ3v) is 4.50. The summed E-state index contributed by atoms with van der Waals surface area (Å²) in [6, 6.07) is 14.5. The predicted octanol–water partition coefficient (Wildman–Crippen LogP) is 4.50. The Balaban J connectivity index is 1.64. The van der Waals surface area contributed by atoms with Gasteiger partial charge in [-0.15, -0.1) is 11.8 Å². The van der Waals surface area contributed by atoms with Crippen molar-refractivity contribution in [3.63, 3.8) is 0 Å². The summed E-state index contributed by atoms with van der Waals surface area (Å²) in [5.74, 6) is 1.60. The number of nitro groups is 1. The van der Waals surface area contributed by atoms with Crippen LogP contribution in [0.15, 0.2) is 57.9 Å². The quantitative estimate of drug-likeness (QED) is 0.373. The Hall–Kier alpha value is -2.67. The second-order valence-electron chi connectivity index (χ2n) is 5.10. The van der Waals surface area contributed by atoms with Crippen LogP contribution < -0.4 is 0 Å². The molecule has 0 N–H and O–H groups in total. The number of hydrogen-bond donors (Lipinski definition) is 0. The van der Waals surface area contributed by atoms with Gasteiger partial charge in [0.2, 0.25) is 11.7 Å². The number of non-ortho nitro benzene ring substituents is 1. The van der Waals surface area contributed by atoms with E-state index < -0.39 is 4.92 Å². The van der Waals surface area contributed by atoms with Gasteiger partial charge in [-0.25, -0.2) is 0 Å². The van der Waals surface area contributed by atoms with Crippen LogP contribution in [0.5, 0.6) is 0 Å². The van der Waals surface area contributed by atoms with Gasteiger partial charge >= 0.3 is 0 Å². The van der Waals surface area contributed by atoms with E-state index in [-0.39, 0.29) is 5.69 Å². The summed E-state index contributed by atoms with van der Waals surface area (Å²) in [5.41, 5.74) is 2.26. The minimum atomic E-state index is -0.414. The molecule has 1 heterocycles. The number of aromatic nitrogens is 2. The molecule has 0 saturated heterocycles. The molecule has 2 aromatic carbocycles. The van der Waals surface area contributed by atoms with Gasteiger partial charge in [-0.2, -0.15) is 4.98 Å². The van der Waals surface area contributed by atoms with E-state index in [9.17, 15) is 10.1 Å². The first-order chi connectivity index (χ1) is 11.7. The van der Waals surface area contributed by atoms with E-state index in [0.29, 0.717) is 17.5 Å². The summed E-state index contributed by atoms with van der Waals surface area (Å²) >= 11 is 1.49. The highest BCUT2D eigenvalue weighted by Gasteiger charge is 2.10. The Labute approximate surface area is 143 Å². The maximum absolute atomic E-state index is 10.6. The molecule has 0 amide bonds. The molecule has 122 valence electrons. The van der Waals surface area contributed by atoms with Crippen LogP contribution in [0, 0.1) is 10.1 Å². The molecular weight excluding hydrogens is 326 g/mol. The van der Waals surface area contributed by atoms with E-state index in [0.717, 1.165) is 16.9 Å². The van der Waals surface area contributed by atoms with Crippen molar-refractivity contribution in [2.24, 2.45) is 0 Å². The highest BCUT2D eigenvalue weighted by Crippen LogP contribution is 2.25. The lowest BCUT2D eigenvalue weighted by molar-refractivity contribution is -0.384. The molecular formula is C17H15N3O3S. The molecule has 6 nitrogen and oxygen atoms in total. The largest absolute Gasteiger partial charge is 0.338 e. The van der Waals surface area contributed by atoms with Crippen molar-refractivity contribution in [3.8, 4) is 11.4 Å². The Kier molecular flexibility index (Phi) is 4.90. The lowest BCUT2D eigenvalue weighted by Gasteiger charge is -1.98. The smallest absolute Gasteiger partial charge is 0.269 e. The van der Waals surface area contributed by atoms with Gasteiger partial charge in [-0.3, -0.25) is 10.1 Å². The predicted molar refractivity (Wildman–Crippen MR) is 91.8 cm³/mol. The number of thioether (sulfide) groups is 1. The molecule has 0 saturated carbocycles. The number of nitrogens with zero attached hydrogens (tertiary/aromatic N) is 3. The minimum Gasteiger partial charge on any atom is -0.338 e. The fraction of sp³-hybridized carbons (Fsp3) is 0.176. The molecule has 3 rings (SSSR count). The zero-order chi connectivity index (χ0) is 16.9.